The number of carbonyl (C=O) groups is 2. The van der Waals surface area contributed by atoms with Gasteiger partial charge in [0.25, 0.3) is 5.91 Å². The lowest BCUT2D eigenvalue weighted by atomic mass is 10.2. The third kappa shape index (κ3) is 4.23. The smallest absolute Gasteiger partial charge is 0.331 e. The van der Waals surface area contributed by atoms with Crippen LogP contribution in [0.3, 0.4) is 0 Å². The number of esters is 1. The zero-order valence-corrected chi connectivity index (χ0v) is 13.4. The van der Waals surface area contributed by atoms with E-state index in [2.05, 4.69) is 15.3 Å². The van der Waals surface area contributed by atoms with Gasteiger partial charge in [0.15, 0.2) is 6.61 Å². The Morgan fingerprint density at radius 1 is 1.12 bits per heavy atom. The first-order chi connectivity index (χ1) is 12.5. The summed E-state index contributed by atoms with van der Waals surface area (Å²) in [5.41, 5.74) is 1.48. The van der Waals surface area contributed by atoms with Gasteiger partial charge in [-0.25, -0.2) is 14.0 Å². The molecule has 1 amide bonds. The Morgan fingerprint density at radius 2 is 1.88 bits per heavy atom. The number of imidazole rings is 1. The van der Waals surface area contributed by atoms with Crippen molar-refractivity contribution in [3.05, 3.63) is 70.4 Å². The maximum Gasteiger partial charge on any atom is 0.331 e. The second-order valence-corrected chi connectivity index (χ2v) is 5.35. The summed E-state index contributed by atoms with van der Waals surface area (Å²) in [5, 5.41) is 2.55. The number of aromatic amines is 2. The summed E-state index contributed by atoms with van der Waals surface area (Å²) in [6.45, 7) is -0.498. The number of hydrogen-bond donors (Lipinski definition) is 3. The van der Waals surface area contributed by atoms with Gasteiger partial charge in [0.1, 0.15) is 5.82 Å². The average molecular weight is 355 g/mol. The van der Waals surface area contributed by atoms with Gasteiger partial charge >= 0.3 is 11.7 Å². The molecule has 8 heteroatoms. The standard InChI is InChI=1S/C18H14FN3O4/c19-13-4-2-1-3-11(13)5-8-17(24)26-10-16(23)20-12-6-7-14-15(9-12)22-18(25)21-14/h1-9H,10H2,(H,20,23)(H2,21,22,25). The molecule has 0 aliphatic heterocycles. The Balaban J connectivity index is 1.53. The molecule has 26 heavy (non-hydrogen) atoms. The van der Waals surface area contributed by atoms with Crippen LogP contribution in [0, 0.1) is 5.82 Å². The minimum Gasteiger partial charge on any atom is -0.452 e. The molecule has 132 valence electrons. The van der Waals surface area contributed by atoms with Crippen molar-refractivity contribution in [1.82, 2.24) is 9.97 Å². The summed E-state index contributed by atoms with van der Waals surface area (Å²) in [5.74, 6) is -1.78. The van der Waals surface area contributed by atoms with E-state index in [4.69, 9.17) is 4.74 Å². The fourth-order valence-corrected chi connectivity index (χ4v) is 2.26. The number of carbonyl (C=O) groups excluding carboxylic acids is 2. The van der Waals surface area contributed by atoms with E-state index in [1.54, 1.807) is 24.3 Å². The Labute approximate surface area is 146 Å². The van der Waals surface area contributed by atoms with Crippen molar-refractivity contribution in [3.8, 4) is 0 Å². The molecular formula is C18H14FN3O4. The Hall–Kier alpha value is -3.68. The van der Waals surface area contributed by atoms with E-state index in [9.17, 15) is 18.8 Å². The lowest BCUT2D eigenvalue weighted by Crippen LogP contribution is -2.20. The van der Waals surface area contributed by atoms with E-state index in [-0.39, 0.29) is 11.3 Å². The molecule has 0 aliphatic rings. The molecule has 0 fully saturated rings. The van der Waals surface area contributed by atoms with Crippen LogP contribution < -0.4 is 11.0 Å². The van der Waals surface area contributed by atoms with Crippen molar-refractivity contribution in [3.63, 3.8) is 0 Å². The molecule has 0 unspecified atom stereocenters. The Kier molecular flexibility index (Phi) is 4.93. The predicted molar refractivity (Wildman–Crippen MR) is 93.9 cm³/mol. The maximum absolute atomic E-state index is 13.4. The number of nitrogens with one attached hydrogen (secondary N) is 3. The van der Waals surface area contributed by atoms with Gasteiger partial charge in [0, 0.05) is 17.3 Å². The van der Waals surface area contributed by atoms with Gasteiger partial charge in [-0.05, 0) is 30.3 Å². The zero-order chi connectivity index (χ0) is 18.5. The number of rotatable bonds is 5. The van der Waals surface area contributed by atoms with Crippen LogP contribution in [0.25, 0.3) is 17.1 Å². The van der Waals surface area contributed by atoms with Crippen LogP contribution in [0.4, 0.5) is 10.1 Å². The van der Waals surface area contributed by atoms with Crippen LogP contribution in [0.2, 0.25) is 0 Å². The minimum absolute atomic E-state index is 0.239. The van der Waals surface area contributed by atoms with E-state index < -0.39 is 24.3 Å². The van der Waals surface area contributed by atoms with E-state index in [1.165, 1.54) is 24.3 Å². The SMILES string of the molecule is O=C(COC(=O)C=Cc1ccccc1F)Nc1ccc2[nH]c(=O)[nH]c2c1. The number of H-pyrrole nitrogens is 2. The van der Waals surface area contributed by atoms with Crippen LogP contribution in [0.1, 0.15) is 5.56 Å². The highest BCUT2D eigenvalue weighted by atomic mass is 19.1. The van der Waals surface area contributed by atoms with E-state index in [0.29, 0.717) is 16.7 Å². The third-order valence-corrected chi connectivity index (χ3v) is 3.45. The Morgan fingerprint density at radius 3 is 2.69 bits per heavy atom. The van der Waals surface area contributed by atoms with Crippen molar-refractivity contribution in [1.29, 1.82) is 0 Å². The molecule has 0 spiro atoms. The van der Waals surface area contributed by atoms with Crippen molar-refractivity contribution < 1.29 is 18.7 Å². The minimum atomic E-state index is -0.770. The molecule has 1 heterocycles. The van der Waals surface area contributed by atoms with Crippen LogP contribution in [-0.4, -0.2) is 28.5 Å². The van der Waals surface area contributed by atoms with Crippen LogP contribution in [0.15, 0.2) is 53.3 Å². The van der Waals surface area contributed by atoms with Gasteiger partial charge < -0.3 is 20.0 Å². The van der Waals surface area contributed by atoms with E-state index >= 15 is 0 Å². The topological polar surface area (TPSA) is 104 Å². The number of amides is 1. The van der Waals surface area contributed by atoms with Gasteiger partial charge in [0.05, 0.1) is 11.0 Å². The molecule has 3 rings (SSSR count). The van der Waals surface area contributed by atoms with E-state index in [1.807, 2.05) is 0 Å². The molecule has 2 aromatic carbocycles. The first kappa shape index (κ1) is 17.2. The third-order valence-electron chi connectivity index (χ3n) is 3.45. The average Bonchev–Trinajstić information content (AvgIpc) is 2.98. The molecule has 3 N–H and O–H groups in total. The van der Waals surface area contributed by atoms with Crippen LogP contribution in [-0.2, 0) is 14.3 Å². The summed E-state index contributed by atoms with van der Waals surface area (Å²) in [4.78, 5) is 39.8. The fourth-order valence-electron chi connectivity index (χ4n) is 2.26. The molecule has 0 saturated heterocycles. The number of aromatic nitrogens is 2. The highest BCUT2D eigenvalue weighted by Crippen LogP contribution is 2.14. The van der Waals surface area contributed by atoms with Gasteiger partial charge in [-0.3, -0.25) is 4.79 Å². The number of halogens is 1. The molecule has 0 saturated carbocycles. The number of hydrogen-bond acceptors (Lipinski definition) is 4. The second kappa shape index (κ2) is 7.47. The number of fused-ring (bicyclic) bond motifs is 1. The first-order valence-corrected chi connectivity index (χ1v) is 7.62. The molecule has 0 radical (unpaired) electrons. The lowest BCUT2D eigenvalue weighted by Gasteiger charge is -2.05. The Bertz CT molecular complexity index is 1050. The number of ether oxygens (including phenoxy) is 1. The predicted octanol–water partition coefficient (Wildman–Crippen LogP) is 2.19. The highest BCUT2D eigenvalue weighted by molar-refractivity contribution is 5.96. The normalized spacial score (nSPS) is 11.0. The van der Waals surface area contributed by atoms with Crippen molar-refractivity contribution in [2.45, 2.75) is 0 Å². The van der Waals surface area contributed by atoms with Crippen molar-refractivity contribution in [2.24, 2.45) is 0 Å². The highest BCUT2D eigenvalue weighted by Gasteiger charge is 2.07. The fraction of sp³-hybridized carbons (Fsp3) is 0.0556. The molecule has 0 aliphatic carbocycles. The zero-order valence-electron chi connectivity index (χ0n) is 13.4. The number of benzene rings is 2. The van der Waals surface area contributed by atoms with E-state index in [0.717, 1.165) is 6.08 Å². The summed E-state index contributed by atoms with van der Waals surface area (Å²) in [6.07, 6.45) is 2.31. The van der Waals surface area contributed by atoms with Crippen molar-refractivity contribution in [2.75, 3.05) is 11.9 Å². The molecule has 3 aromatic rings. The van der Waals surface area contributed by atoms with Crippen LogP contribution in [0.5, 0.6) is 0 Å². The van der Waals surface area contributed by atoms with Crippen LogP contribution >= 0.6 is 0 Å². The molecule has 0 bridgehead atoms. The summed E-state index contributed by atoms with van der Waals surface area (Å²) in [7, 11) is 0. The molecule has 7 nitrogen and oxygen atoms in total. The van der Waals surface area contributed by atoms with Gasteiger partial charge in [-0.15, -0.1) is 0 Å². The molecule has 1 aromatic heterocycles. The first-order valence-electron chi connectivity index (χ1n) is 7.62. The summed E-state index contributed by atoms with van der Waals surface area (Å²) < 4.78 is 18.2. The molecule has 0 atom stereocenters. The molecular weight excluding hydrogens is 341 g/mol. The second-order valence-electron chi connectivity index (χ2n) is 5.35. The maximum atomic E-state index is 13.4. The summed E-state index contributed by atoms with van der Waals surface area (Å²) >= 11 is 0. The van der Waals surface area contributed by atoms with Gasteiger partial charge in [0.2, 0.25) is 0 Å². The van der Waals surface area contributed by atoms with Gasteiger partial charge in [-0.1, -0.05) is 18.2 Å². The quantitative estimate of drug-likeness (QED) is 0.482. The largest absolute Gasteiger partial charge is 0.452 e. The lowest BCUT2D eigenvalue weighted by molar-refractivity contribution is -0.142. The summed E-state index contributed by atoms with van der Waals surface area (Å²) in [6, 6.07) is 10.8. The number of anilines is 1. The monoisotopic (exact) mass is 355 g/mol. The van der Waals surface area contributed by atoms with Gasteiger partial charge in [-0.2, -0.15) is 0 Å². The van der Waals surface area contributed by atoms with Crippen molar-refractivity contribution >= 4 is 34.7 Å².